The number of ketones is 2. The Morgan fingerprint density at radius 1 is 1.32 bits per heavy atom. The number of Topliss-reactive ketones (excluding diaryl/α,β-unsaturated/α-hetero) is 1. The van der Waals surface area contributed by atoms with Crippen molar-refractivity contribution in [1.82, 2.24) is 0 Å². The van der Waals surface area contributed by atoms with E-state index >= 15 is 4.39 Å². The van der Waals surface area contributed by atoms with Crippen LogP contribution in [0.5, 0.6) is 0 Å². The summed E-state index contributed by atoms with van der Waals surface area (Å²) in [7, 11) is 0. The Kier molecular flexibility index (Phi) is 4.32. The van der Waals surface area contributed by atoms with Gasteiger partial charge in [0.25, 0.3) is 0 Å². The second-order valence-corrected chi connectivity index (χ2v) is 9.79. The summed E-state index contributed by atoms with van der Waals surface area (Å²) >= 11 is 0. The monoisotopic (exact) mass is 392 g/mol. The van der Waals surface area contributed by atoms with Crippen molar-refractivity contribution < 1.29 is 29.3 Å². The van der Waals surface area contributed by atoms with Crippen molar-refractivity contribution >= 4 is 11.6 Å². The molecule has 5 nitrogen and oxygen atoms in total. The van der Waals surface area contributed by atoms with Crippen LogP contribution in [0.4, 0.5) is 4.39 Å². The molecule has 0 aromatic heterocycles. The van der Waals surface area contributed by atoms with Gasteiger partial charge < -0.3 is 15.3 Å². The average molecular weight is 392 g/mol. The maximum Gasteiger partial charge on any atom is 0.190 e. The van der Waals surface area contributed by atoms with Gasteiger partial charge in [-0.3, -0.25) is 9.59 Å². The van der Waals surface area contributed by atoms with E-state index < -0.39 is 41.1 Å². The third-order valence-electron chi connectivity index (χ3n) is 8.63. The van der Waals surface area contributed by atoms with E-state index in [1.807, 2.05) is 6.92 Å². The molecule has 0 amide bonds. The van der Waals surface area contributed by atoms with E-state index in [9.17, 15) is 24.9 Å². The van der Waals surface area contributed by atoms with Gasteiger partial charge >= 0.3 is 0 Å². The Morgan fingerprint density at radius 3 is 2.64 bits per heavy atom. The lowest BCUT2D eigenvalue weighted by molar-refractivity contribution is -0.185. The van der Waals surface area contributed by atoms with Gasteiger partial charge in [0.2, 0.25) is 0 Å². The van der Waals surface area contributed by atoms with Crippen LogP contribution in [-0.4, -0.2) is 51.4 Å². The number of fused-ring (bicyclic) bond motifs is 5. The molecular formula is C22H29FO5. The molecule has 28 heavy (non-hydrogen) atoms. The van der Waals surface area contributed by atoms with Crippen molar-refractivity contribution in [3.05, 3.63) is 23.8 Å². The van der Waals surface area contributed by atoms with Crippen LogP contribution in [0.25, 0.3) is 0 Å². The van der Waals surface area contributed by atoms with Crippen molar-refractivity contribution in [2.24, 2.45) is 34.5 Å². The number of halogens is 1. The number of hydrogen-bond acceptors (Lipinski definition) is 5. The maximum absolute atomic E-state index is 15.2. The van der Waals surface area contributed by atoms with Crippen LogP contribution in [0, 0.1) is 34.5 Å². The first-order chi connectivity index (χ1) is 13.0. The van der Waals surface area contributed by atoms with Crippen molar-refractivity contribution in [2.45, 2.75) is 57.9 Å². The molecule has 0 bridgehead atoms. The molecule has 9 atom stereocenters. The largest absolute Gasteiger partial charge is 0.393 e. The fourth-order valence-electron chi connectivity index (χ4n) is 7.38. The summed E-state index contributed by atoms with van der Waals surface area (Å²) in [4.78, 5) is 24.4. The third kappa shape index (κ3) is 2.22. The lowest BCUT2D eigenvalue weighted by Gasteiger charge is -2.60. The number of rotatable bonds is 2. The molecule has 0 aromatic rings. The predicted molar refractivity (Wildman–Crippen MR) is 99.9 cm³/mol. The highest BCUT2D eigenvalue weighted by atomic mass is 19.1. The second-order valence-electron chi connectivity index (χ2n) is 9.79. The zero-order chi connectivity index (χ0) is 20.6. The Labute approximate surface area is 164 Å². The van der Waals surface area contributed by atoms with Crippen LogP contribution < -0.4 is 0 Å². The summed E-state index contributed by atoms with van der Waals surface area (Å²) in [5.41, 5.74) is -3.00. The molecule has 2 unspecified atom stereocenters. The summed E-state index contributed by atoms with van der Waals surface area (Å²) in [5.74, 6) is -1.92. The number of alkyl halides is 1. The normalized spacial score (nSPS) is 52.5. The van der Waals surface area contributed by atoms with Crippen LogP contribution in [0.15, 0.2) is 23.8 Å². The maximum atomic E-state index is 15.2. The van der Waals surface area contributed by atoms with E-state index in [4.69, 9.17) is 0 Å². The molecule has 3 saturated carbocycles. The summed E-state index contributed by atoms with van der Waals surface area (Å²) in [6, 6.07) is 0. The lowest BCUT2D eigenvalue weighted by atomic mass is 9.46. The average Bonchev–Trinajstić information content (AvgIpc) is 2.83. The van der Waals surface area contributed by atoms with Gasteiger partial charge in [0.15, 0.2) is 11.6 Å². The molecule has 4 aliphatic rings. The number of allylic oxidation sites excluding steroid dienone is 4. The predicted octanol–water partition coefficient (Wildman–Crippen LogP) is 1.75. The summed E-state index contributed by atoms with van der Waals surface area (Å²) < 4.78 is 15.2. The quantitative estimate of drug-likeness (QED) is 0.666. The highest BCUT2D eigenvalue weighted by Gasteiger charge is 2.71. The van der Waals surface area contributed by atoms with E-state index in [0.717, 1.165) is 0 Å². The van der Waals surface area contributed by atoms with E-state index in [-0.39, 0.29) is 42.3 Å². The Bertz CT molecular complexity index is 790. The summed E-state index contributed by atoms with van der Waals surface area (Å²) in [6.45, 7) is 4.71. The van der Waals surface area contributed by atoms with Crippen molar-refractivity contribution in [3.8, 4) is 0 Å². The van der Waals surface area contributed by atoms with Crippen molar-refractivity contribution in [1.29, 1.82) is 0 Å². The minimum atomic E-state index is -1.74. The molecule has 154 valence electrons. The molecule has 0 spiro atoms. The molecule has 3 fully saturated rings. The second kappa shape index (κ2) is 6.07. The minimum Gasteiger partial charge on any atom is -0.393 e. The highest BCUT2D eigenvalue weighted by molar-refractivity contribution is 6.01. The molecule has 4 rings (SSSR count). The first kappa shape index (κ1) is 19.9. The van der Waals surface area contributed by atoms with Gasteiger partial charge in [-0.15, -0.1) is 0 Å². The zero-order valence-electron chi connectivity index (χ0n) is 16.6. The van der Waals surface area contributed by atoms with Gasteiger partial charge in [-0.2, -0.15) is 0 Å². The van der Waals surface area contributed by atoms with Crippen LogP contribution >= 0.6 is 0 Å². The van der Waals surface area contributed by atoms with Crippen molar-refractivity contribution in [3.63, 3.8) is 0 Å². The Morgan fingerprint density at radius 2 is 2.00 bits per heavy atom. The number of aliphatic hydroxyl groups is 3. The highest BCUT2D eigenvalue weighted by Crippen LogP contribution is 2.68. The standard InChI is InChI=1S/C22H29FO5/c1-11-6-14-13-8-16(23)15-7-12(25)4-5-20(15,2)19(13)17(26)9-21(14,3)22(11,28)18(27)10-24/h4-5,7,11,13-14,16-17,19,24,26,28H,6,8-10H2,1-3H3/t11?,13-,14-,16?,17-,19+,20-,21-,22-/m0/s1. The molecule has 3 N–H and O–H groups in total. The molecule has 4 aliphatic carbocycles. The lowest BCUT2D eigenvalue weighted by Crippen LogP contribution is -2.63. The SMILES string of the molecule is CC1C[C@H]2[C@@H]3CC(F)C4=CC(=O)C=C[C@]4(C)[C@H]3[C@@H](O)C[C@]2(C)[C@@]1(O)C(=O)CO. The van der Waals surface area contributed by atoms with Gasteiger partial charge in [-0.05, 0) is 54.7 Å². The van der Waals surface area contributed by atoms with Crippen LogP contribution in [0.2, 0.25) is 0 Å². The Balaban J connectivity index is 1.81. The summed E-state index contributed by atoms with van der Waals surface area (Å²) in [6.07, 6.45) is 3.29. The molecule has 0 saturated heterocycles. The van der Waals surface area contributed by atoms with E-state index in [1.54, 1.807) is 19.9 Å². The minimum absolute atomic E-state index is 0.154. The third-order valence-corrected chi connectivity index (χ3v) is 8.63. The van der Waals surface area contributed by atoms with Gasteiger partial charge in [0, 0.05) is 16.7 Å². The molecule has 6 heteroatoms. The van der Waals surface area contributed by atoms with Crippen molar-refractivity contribution in [2.75, 3.05) is 6.61 Å². The summed E-state index contributed by atoms with van der Waals surface area (Å²) in [5, 5.41) is 32.1. The fraction of sp³-hybridized carbons (Fsp3) is 0.727. The number of aliphatic hydroxyl groups excluding tert-OH is 2. The smallest absolute Gasteiger partial charge is 0.190 e. The first-order valence-corrected chi connectivity index (χ1v) is 10.1. The molecule has 0 aromatic carbocycles. The van der Waals surface area contributed by atoms with E-state index in [1.165, 1.54) is 12.2 Å². The molecule has 0 aliphatic heterocycles. The molecular weight excluding hydrogens is 363 g/mol. The van der Waals surface area contributed by atoms with E-state index in [0.29, 0.717) is 12.0 Å². The topological polar surface area (TPSA) is 94.8 Å². The number of carbonyl (C=O) groups is 2. The van der Waals surface area contributed by atoms with Gasteiger partial charge in [-0.1, -0.05) is 26.8 Å². The van der Waals surface area contributed by atoms with Gasteiger partial charge in [-0.25, -0.2) is 4.39 Å². The number of carbonyl (C=O) groups excluding carboxylic acids is 2. The first-order valence-electron chi connectivity index (χ1n) is 10.1. The fourth-order valence-corrected chi connectivity index (χ4v) is 7.38. The van der Waals surface area contributed by atoms with Gasteiger partial charge in [0.05, 0.1) is 6.10 Å². The zero-order valence-corrected chi connectivity index (χ0v) is 16.6. The van der Waals surface area contributed by atoms with Crippen LogP contribution in [0.1, 0.15) is 40.0 Å². The van der Waals surface area contributed by atoms with E-state index in [2.05, 4.69) is 0 Å². The van der Waals surface area contributed by atoms with Crippen LogP contribution in [-0.2, 0) is 9.59 Å². The molecule has 0 heterocycles. The van der Waals surface area contributed by atoms with Gasteiger partial charge in [0.1, 0.15) is 18.4 Å². The Hall–Kier alpha value is -1.37. The number of hydrogen-bond donors (Lipinski definition) is 3. The molecule has 0 radical (unpaired) electrons. The van der Waals surface area contributed by atoms with Crippen LogP contribution in [0.3, 0.4) is 0 Å².